The van der Waals surface area contributed by atoms with Crippen LogP contribution in [0.2, 0.25) is 10.6 Å². The van der Waals surface area contributed by atoms with E-state index >= 15 is 0 Å². The maximum atomic E-state index is 2.51. The first kappa shape index (κ1) is 13.9. The van der Waals surface area contributed by atoms with Crippen LogP contribution in [0.5, 0.6) is 0 Å². The molecule has 2 rings (SSSR count). The molecule has 1 aliphatic rings. The second kappa shape index (κ2) is 7.17. The lowest BCUT2D eigenvalue weighted by Gasteiger charge is -2.19. The largest absolute Gasteiger partial charge is 0.277 e. The average Bonchev–Trinajstić information content (AvgIpc) is 2.83. The van der Waals surface area contributed by atoms with Crippen LogP contribution in [0.25, 0.3) is 6.08 Å². The van der Waals surface area contributed by atoms with Gasteiger partial charge in [0.05, 0.1) is 0 Å². The van der Waals surface area contributed by atoms with E-state index < -0.39 is 14.1 Å². The van der Waals surface area contributed by atoms with Gasteiger partial charge in [0.2, 0.25) is 0 Å². The van der Waals surface area contributed by atoms with Gasteiger partial charge in [0.1, 0.15) is 0 Å². The van der Waals surface area contributed by atoms with Crippen LogP contribution in [0.3, 0.4) is 0 Å². The molecule has 0 amide bonds. The van der Waals surface area contributed by atoms with Gasteiger partial charge in [-0.3, -0.25) is 0 Å². The van der Waals surface area contributed by atoms with Gasteiger partial charge in [0, 0.05) is 0 Å². The van der Waals surface area contributed by atoms with E-state index in [1.165, 1.54) is 41.8 Å². The van der Waals surface area contributed by atoms with Crippen molar-refractivity contribution in [3.8, 4) is 0 Å². The summed E-state index contributed by atoms with van der Waals surface area (Å²) >= 11 is -0.645. The van der Waals surface area contributed by atoms with E-state index in [-0.39, 0.29) is 0 Å². The van der Waals surface area contributed by atoms with Gasteiger partial charge in [-0.15, -0.1) is 0 Å². The van der Waals surface area contributed by atoms with Gasteiger partial charge in [-0.2, -0.15) is 0 Å². The lowest BCUT2D eigenvalue weighted by molar-refractivity contribution is 0.829. The van der Waals surface area contributed by atoms with Crippen LogP contribution >= 0.6 is 0 Å². The minimum atomic E-state index is -0.645. The van der Waals surface area contributed by atoms with Crippen molar-refractivity contribution in [3.63, 3.8) is 0 Å². The van der Waals surface area contributed by atoms with Crippen molar-refractivity contribution >= 4 is 20.2 Å². The highest BCUT2D eigenvalue weighted by atomic mass is 27.2. The van der Waals surface area contributed by atoms with Crippen LogP contribution in [0.15, 0.2) is 30.3 Å². The molecule has 18 heavy (non-hydrogen) atoms. The fourth-order valence-electron chi connectivity index (χ4n) is 3.12. The highest BCUT2D eigenvalue weighted by molar-refractivity contribution is 6.61. The van der Waals surface area contributed by atoms with Gasteiger partial charge in [-0.25, -0.2) is 0 Å². The van der Waals surface area contributed by atoms with E-state index in [2.05, 4.69) is 50.3 Å². The van der Waals surface area contributed by atoms with Crippen LogP contribution < -0.4 is 0 Å². The zero-order valence-electron chi connectivity index (χ0n) is 11.9. The Balaban J connectivity index is 2.09. The quantitative estimate of drug-likeness (QED) is 0.570. The highest BCUT2D eigenvalue weighted by Crippen LogP contribution is 2.35. The first-order chi connectivity index (χ1) is 8.86. The Kier molecular flexibility index (Phi) is 5.54. The summed E-state index contributed by atoms with van der Waals surface area (Å²) in [5.74, 6) is 0. The minimum absolute atomic E-state index is 0.645. The second-order valence-electron chi connectivity index (χ2n) is 5.56. The fraction of sp³-hybridized carbons (Fsp3) is 0.529. The molecule has 0 spiro atoms. The van der Waals surface area contributed by atoms with Gasteiger partial charge < -0.3 is 0 Å². The van der Waals surface area contributed by atoms with Crippen LogP contribution in [0, 0.1) is 0 Å². The Morgan fingerprint density at radius 1 is 1.00 bits per heavy atom. The molecule has 0 aliphatic heterocycles. The normalized spacial score (nSPS) is 16.9. The van der Waals surface area contributed by atoms with Crippen molar-refractivity contribution in [2.24, 2.45) is 0 Å². The molecule has 1 atom stereocenters. The fourth-order valence-corrected chi connectivity index (χ4v) is 7.23. The molecule has 1 aliphatic carbocycles. The minimum Gasteiger partial charge on any atom is -0.0932 e. The SMILES string of the molecule is CCC[CH2][Al]([CH2]CCC)[CH]1C=Cc2ccccc21. The van der Waals surface area contributed by atoms with Crippen LogP contribution in [-0.2, 0) is 0 Å². The summed E-state index contributed by atoms with van der Waals surface area (Å²) in [5.41, 5.74) is 3.11. The number of fused-ring (bicyclic) bond motifs is 1. The third kappa shape index (κ3) is 3.28. The first-order valence-corrected chi connectivity index (χ1v) is 9.94. The van der Waals surface area contributed by atoms with Crippen molar-refractivity contribution in [1.29, 1.82) is 0 Å². The summed E-state index contributed by atoms with van der Waals surface area (Å²) in [7, 11) is 0. The molecule has 0 saturated carbocycles. The van der Waals surface area contributed by atoms with Crippen molar-refractivity contribution in [1.82, 2.24) is 0 Å². The maximum absolute atomic E-state index is 2.51. The zero-order valence-corrected chi connectivity index (χ0v) is 13.0. The van der Waals surface area contributed by atoms with Crippen LogP contribution in [-0.4, -0.2) is 14.1 Å². The van der Waals surface area contributed by atoms with Crippen molar-refractivity contribution in [3.05, 3.63) is 41.5 Å². The van der Waals surface area contributed by atoms with Crippen LogP contribution in [0.4, 0.5) is 0 Å². The number of hydrogen-bond acceptors (Lipinski definition) is 0. The predicted molar refractivity (Wildman–Crippen MR) is 83.4 cm³/mol. The lowest BCUT2D eigenvalue weighted by atomic mass is 10.1. The summed E-state index contributed by atoms with van der Waals surface area (Å²) in [4.78, 5) is 0. The predicted octanol–water partition coefficient (Wildman–Crippen LogP) is 5.43. The van der Waals surface area contributed by atoms with E-state index in [1.54, 1.807) is 5.56 Å². The highest BCUT2D eigenvalue weighted by Gasteiger charge is 2.29. The van der Waals surface area contributed by atoms with Gasteiger partial charge in [0.25, 0.3) is 14.1 Å². The van der Waals surface area contributed by atoms with Gasteiger partial charge >= 0.3 is 0 Å². The van der Waals surface area contributed by atoms with Crippen LogP contribution in [0.1, 0.15) is 55.4 Å². The monoisotopic (exact) mass is 256 g/mol. The summed E-state index contributed by atoms with van der Waals surface area (Å²) in [6, 6.07) is 9.01. The molecule has 1 heteroatoms. The molecular formula is C17H25Al. The van der Waals surface area contributed by atoms with E-state index in [1.807, 2.05) is 0 Å². The van der Waals surface area contributed by atoms with E-state index in [0.29, 0.717) is 0 Å². The van der Waals surface area contributed by atoms with Gasteiger partial charge in [0.15, 0.2) is 0 Å². The third-order valence-corrected chi connectivity index (χ3v) is 8.10. The number of hydrogen-bond donors (Lipinski definition) is 0. The Bertz CT molecular complexity index is 386. The average molecular weight is 256 g/mol. The number of allylic oxidation sites excluding steroid dienone is 1. The van der Waals surface area contributed by atoms with Crippen molar-refractivity contribution in [2.75, 3.05) is 0 Å². The second-order valence-corrected chi connectivity index (χ2v) is 8.95. The summed E-state index contributed by atoms with van der Waals surface area (Å²) in [5, 5.41) is 3.06. The molecular weight excluding hydrogens is 231 g/mol. The summed E-state index contributed by atoms with van der Waals surface area (Å²) in [6.07, 6.45) is 10.5. The maximum Gasteiger partial charge on any atom is 0.277 e. The lowest BCUT2D eigenvalue weighted by Crippen LogP contribution is -2.21. The molecule has 1 aromatic carbocycles. The van der Waals surface area contributed by atoms with Gasteiger partial charge in [-0.05, 0) is 15.9 Å². The molecule has 0 fully saturated rings. The van der Waals surface area contributed by atoms with Crippen molar-refractivity contribution < 1.29 is 0 Å². The molecule has 0 aromatic heterocycles. The number of unbranched alkanes of at least 4 members (excludes halogenated alkanes) is 2. The van der Waals surface area contributed by atoms with Crippen molar-refractivity contribution in [2.45, 2.75) is 54.9 Å². The molecule has 0 N–H and O–H groups in total. The Hall–Kier alpha value is -0.508. The molecule has 0 bridgehead atoms. The van der Waals surface area contributed by atoms with E-state index in [9.17, 15) is 0 Å². The standard InChI is InChI=1S/C9H7.2C4H9.Al/c1-2-5-9-7-3-6-8(9)4-1;2*1-3-4-2;/h1-7H;2*1,3-4H2,2H3;. The molecule has 1 unspecified atom stereocenters. The van der Waals surface area contributed by atoms with E-state index in [0.717, 1.165) is 4.78 Å². The number of rotatable bonds is 7. The Morgan fingerprint density at radius 2 is 1.67 bits per heavy atom. The van der Waals surface area contributed by atoms with Gasteiger partial charge in [-0.1, -0.05) is 86.5 Å². The Morgan fingerprint density at radius 3 is 2.33 bits per heavy atom. The molecule has 0 heterocycles. The van der Waals surface area contributed by atoms with E-state index in [4.69, 9.17) is 0 Å². The summed E-state index contributed by atoms with van der Waals surface area (Å²) in [6.45, 7) is 4.65. The summed E-state index contributed by atoms with van der Waals surface area (Å²) < 4.78 is 0.819. The topological polar surface area (TPSA) is 0 Å². The molecule has 96 valence electrons. The first-order valence-electron chi connectivity index (χ1n) is 7.64. The zero-order chi connectivity index (χ0) is 12.8. The molecule has 0 radical (unpaired) electrons. The number of benzene rings is 1. The Labute approximate surface area is 117 Å². The smallest absolute Gasteiger partial charge is 0.0932 e. The molecule has 1 aromatic rings. The third-order valence-electron chi connectivity index (χ3n) is 4.20. The molecule has 0 nitrogen and oxygen atoms in total. The molecule has 0 saturated heterocycles.